The fraction of sp³-hybridized carbons (Fsp3) is 0.364. The molecule has 0 aliphatic carbocycles. The largest absolute Gasteiger partial charge is 0.497 e. The quantitative estimate of drug-likeness (QED) is 0.590. The summed E-state index contributed by atoms with van der Waals surface area (Å²) in [5.41, 5.74) is 2.40. The summed E-state index contributed by atoms with van der Waals surface area (Å²) in [7, 11) is 2.99. The highest BCUT2D eigenvalue weighted by atomic mass is 16.5. The number of nitrogens with zero attached hydrogens (tertiary/aromatic N) is 1. The van der Waals surface area contributed by atoms with E-state index >= 15 is 0 Å². The number of hydrogen-bond donors (Lipinski definition) is 3. The van der Waals surface area contributed by atoms with Crippen molar-refractivity contribution in [2.75, 3.05) is 63.7 Å². The summed E-state index contributed by atoms with van der Waals surface area (Å²) in [4.78, 5) is 27.4. The van der Waals surface area contributed by atoms with Gasteiger partial charge in [-0.3, -0.25) is 0 Å². The van der Waals surface area contributed by atoms with Gasteiger partial charge in [0.05, 0.1) is 59.1 Å². The lowest BCUT2D eigenvalue weighted by molar-refractivity contribution is -0.899. The molecule has 0 spiro atoms. The topological polar surface area (TPSA) is 84.3 Å². The number of rotatable bonds is 7. The van der Waals surface area contributed by atoms with Gasteiger partial charge < -0.3 is 29.9 Å². The second kappa shape index (κ2) is 10.5. The van der Waals surface area contributed by atoms with Gasteiger partial charge in [-0.1, -0.05) is 0 Å². The van der Waals surface area contributed by atoms with E-state index in [0.717, 1.165) is 49.8 Å². The van der Waals surface area contributed by atoms with Gasteiger partial charge in [0.25, 0.3) is 0 Å². The van der Waals surface area contributed by atoms with Crippen molar-refractivity contribution in [3.63, 3.8) is 0 Å². The molecule has 8 heteroatoms. The number of urea groups is 1. The minimum Gasteiger partial charge on any atom is -0.497 e. The van der Waals surface area contributed by atoms with E-state index in [2.05, 4.69) is 15.5 Å². The van der Waals surface area contributed by atoms with E-state index in [1.54, 1.807) is 31.4 Å². The number of quaternary nitrogens is 1. The molecule has 0 unspecified atom stereocenters. The lowest BCUT2D eigenvalue weighted by atomic mass is 10.2. The van der Waals surface area contributed by atoms with Crippen LogP contribution in [0.1, 0.15) is 10.4 Å². The van der Waals surface area contributed by atoms with Gasteiger partial charge in [-0.25, -0.2) is 9.59 Å². The first-order valence-electron chi connectivity index (χ1n) is 10.0. The predicted octanol–water partition coefficient (Wildman–Crippen LogP) is 1.01. The molecule has 3 N–H and O–H groups in total. The Morgan fingerprint density at radius 1 is 1.00 bits per heavy atom. The van der Waals surface area contributed by atoms with Crippen molar-refractivity contribution in [3.8, 4) is 5.75 Å². The molecule has 1 heterocycles. The molecule has 0 aromatic heterocycles. The summed E-state index contributed by atoms with van der Waals surface area (Å²) in [6.07, 6.45) is 0. The van der Waals surface area contributed by atoms with Crippen molar-refractivity contribution in [2.45, 2.75) is 0 Å². The molecular weight excluding hydrogens is 384 g/mol. The van der Waals surface area contributed by atoms with Gasteiger partial charge in [0.15, 0.2) is 0 Å². The molecule has 160 valence electrons. The lowest BCUT2D eigenvalue weighted by Gasteiger charge is -2.33. The Morgan fingerprint density at radius 2 is 1.67 bits per heavy atom. The maximum atomic E-state index is 12.0. The van der Waals surface area contributed by atoms with Gasteiger partial charge in [-0.2, -0.15) is 0 Å². The third kappa shape index (κ3) is 5.87. The molecule has 2 aromatic carbocycles. The second-order valence-corrected chi connectivity index (χ2v) is 7.13. The SMILES string of the molecule is COC(=O)c1ccc(N2CC[NH+](CCNC(=O)Nc3ccc(OC)cc3)CC2)cc1. The predicted molar refractivity (Wildman–Crippen MR) is 116 cm³/mol. The minimum atomic E-state index is -0.320. The summed E-state index contributed by atoms with van der Waals surface area (Å²) in [5.74, 6) is 0.433. The van der Waals surface area contributed by atoms with E-state index in [9.17, 15) is 9.59 Å². The Kier molecular flexibility index (Phi) is 7.51. The van der Waals surface area contributed by atoms with Gasteiger partial charge in [0.2, 0.25) is 0 Å². The number of esters is 1. The number of piperazine rings is 1. The van der Waals surface area contributed by atoms with Gasteiger partial charge in [-0.05, 0) is 48.5 Å². The summed E-state index contributed by atoms with van der Waals surface area (Å²) >= 11 is 0. The number of carbonyl (C=O) groups excluding carboxylic acids is 2. The van der Waals surface area contributed by atoms with Crippen LogP contribution in [0.25, 0.3) is 0 Å². The third-order valence-electron chi connectivity index (χ3n) is 5.24. The van der Waals surface area contributed by atoms with Crippen molar-refractivity contribution in [3.05, 3.63) is 54.1 Å². The van der Waals surface area contributed by atoms with Crippen LogP contribution in [-0.2, 0) is 4.74 Å². The van der Waals surface area contributed by atoms with Crippen LogP contribution in [0.3, 0.4) is 0 Å². The Balaban J connectivity index is 1.36. The van der Waals surface area contributed by atoms with E-state index in [4.69, 9.17) is 9.47 Å². The first kappa shape index (κ1) is 21.4. The van der Waals surface area contributed by atoms with Crippen molar-refractivity contribution in [1.82, 2.24) is 5.32 Å². The van der Waals surface area contributed by atoms with E-state index in [1.807, 2.05) is 24.3 Å². The van der Waals surface area contributed by atoms with Gasteiger partial charge in [-0.15, -0.1) is 0 Å². The third-order valence-corrected chi connectivity index (χ3v) is 5.24. The van der Waals surface area contributed by atoms with Crippen LogP contribution in [0.15, 0.2) is 48.5 Å². The zero-order valence-corrected chi connectivity index (χ0v) is 17.4. The maximum Gasteiger partial charge on any atom is 0.337 e. The molecule has 0 saturated carbocycles. The van der Waals surface area contributed by atoms with Crippen LogP contribution in [0.4, 0.5) is 16.2 Å². The number of ether oxygens (including phenoxy) is 2. The normalized spacial score (nSPS) is 14.1. The summed E-state index contributed by atoms with van der Waals surface area (Å²) < 4.78 is 9.85. The van der Waals surface area contributed by atoms with Crippen molar-refractivity contribution < 1.29 is 24.0 Å². The highest BCUT2D eigenvalue weighted by Gasteiger charge is 2.20. The number of benzene rings is 2. The Labute approximate surface area is 176 Å². The number of amides is 2. The second-order valence-electron chi connectivity index (χ2n) is 7.13. The molecule has 30 heavy (non-hydrogen) atoms. The average Bonchev–Trinajstić information content (AvgIpc) is 2.79. The van der Waals surface area contributed by atoms with E-state index in [0.29, 0.717) is 12.1 Å². The van der Waals surface area contributed by atoms with E-state index < -0.39 is 0 Å². The van der Waals surface area contributed by atoms with Crippen molar-refractivity contribution in [1.29, 1.82) is 0 Å². The van der Waals surface area contributed by atoms with Crippen LogP contribution in [0.2, 0.25) is 0 Å². The summed E-state index contributed by atoms with van der Waals surface area (Å²) in [6.45, 7) is 5.37. The fourth-order valence-electron chi connectivity index (χ4n) is 3.46. The maximum absolute atomic E-state index is 12.0. The van der Waals surface area contributed by atoms with Crippen molar-refractivity contribution in [2.24, 2.45) is 0 Å². The van der Waals surface area contributed by atoms with Gasteiger partial charge in [0.1, 0.15) is 5.75 Å². The lowest BCUT2D eigenvalue weighted by Crippen LogP contribution is -3.15. The molecule has 1 fully saturated rings. The smallest absolute Gasteiger partial charge is 0.337 e. The first-order chi connectivity index (χ1) is 14.6. The van der Waals surface area contributed by atoms with Crippen LogP contribution >= 0.6 is 0 Å². The molecule has 0 atom stereocenters. The van der Waals surface area contributed by atoms with Gasteiger partial charge >= 0.3 is 12.0 Å². The first-order valence-corrected chi connectivity index (χ1v) is 10.0. The number of nitrogens with one attached hydrogen (secondary N) is 3. The Morgan fingerprint density at radius 3 is 2.27 bits per heavy atom. The standard InChI is InChI=1S/C22H28N4O4/c1-29-20-9-5-18(6-10-20)24-22(28)23-11-12-25-13-15-26(16-14-25)19-7-3-17(4-8-19)21(27)30-2/h3-10H,11-16H2,1-2H3,(H2,23,24,28)/p+1. The monoisotopic (exact) mass is 413 g/mol. The van der Waals surface area contributed by atoms with Gasteiger partial charge in [0, 0.05) is 11.4 Å². The van der Waals surface area contributed by atoms with Crippen LogP contribution in [0.5, 0.6) is 5.75 Å². The molecule has 1 aliphatic heterocycles. The van der Waals surface area contributed by atoms with Crippen LogP contribution in [0, 0.1) is 0 Å². The molecule has 2 amide bonds. The number of carbonyl (C=O) groups is 2. The van der Waals surface area contributed by atoms with Crippen molar-refractivity contribution >= 4 is 23.4 Å². The summed E-state index contributed by atoms with van der Waals surface area (Å²) in [5, 5.41) is 5.73. The number of hydrogen-bond acceptors (Lipinski definition) is 5. The molecule has 1 aliphatic rings. The highest BCUT2D eigenvalue weighted by Crippen LogP contribution is 2.16. The Bertz CT molecular complexity index is 831. The minimum absolute atomic E-state index is 0.205. The number of anilines is 2. The zero-order valence-electron chi connectivity index (χ0n) is 17.4. The summed E-state index contributed by atoms with van der Waals surface area (Å²) in [6, 6.07) is 14.5. The van der Waals surface area contributed by atoms with Crippen LogP contribution in [-0.4, -0.2) is 65.5 Å². The zero-order chi connectivity index (χ0) is 21.3. The van der Waals surface area contributed by atoms with E-state index in [-0.39, 0.29) is 12.0 Å². The molecule has 0 radical (unpaired) electrons. The fourth-order valence-corrected chi connectivity index (χ4v) is 3.46. The molecule has 2 aromatic rings. The Hall–Kier alpha value is -3.26. The average molecular weight is 413 g/mol. The molecule has 0 bridgehead atoms. The molecular formula is C22H29N4O4+. The van der Waals surface area contributed by atoms with Crippen LogP contribution < -0.4 is 25.2 Å². The molecule has 3 rings (SSSR count). The highest BCUT2D eigenvalue weighted by molar-refractivity contribution is 5.90. The van der Waals surface area contributed by atoms with E-state index in [1.165, 1.54) is 12.0 Å². The number of methoxy groups -OCH3 is 2. The molecule has 8 nitrogen and oxygen atoms in total. The molecule has 1 saturated heterocycles.